The van der Waals surface area contributed by atoms with Crippen LogP contribution < -0.4 is 5.32 Å². The minimum atomic E-state index is 0.642. The first-order valence-electron chi connectivity index (χ1n) is 7.38. The lowest BCUT2D eigenvalue weighted by Gasteiger charge is -2.31. The topological polar surface area (TPSA) is 44.0 Å². The summed E-state index contributed by atoms with van der Waals surface area (Å²) in [6, 6.07) is 4.86. The molecule has 1 saturated heterocycles. The number of aromatic nitrogens is 2. The molecule has 0 atom stereocenters. The molecule has 0 radical (unpaired) electrons. The van der Waals surface area contributed by atoms with Gasteiger partial charge in [0.05, 0.1) is 16.8 Å². The van der Waals surface area contributed by atoms with E-state index in [0.717, 1.165) is 6.54 Å². The maximum absolute atomic E-state index is 4.20. The van der Waals surface area contributed by atoms with Crippen LogP contribution in [0.25, 0.3) is 10.6 Å². The van der Waals surface area contributed by atoms with Gasteiger partial charge >= 0.3 is 0 Å². The normalized spacial score (nSPS) is 17.6. The predicted molar refractivity (Wildman–Crippen MR) is 83.9 cm³/mol. The molecule has 4 nitrogen and oxygen atoms in total. The van der Waals surface area contributed by atoms with Crippen LogP contribution in [0, 0.1) is 0 Å². The van der Waals surface area contributed by atoms with Gasteiger partial charge in [-0.25, -0.2) is 0 Å². The van der Waals surface area contributed by atoms with Gasteiger partial charge in [-0.1, -0.05) is 13.0 Å². The molecule has 2 aromatic rings. The Balaban J connectivity index is 1.56. The fraction of sp³-hybridized carbons (Fsp3) is 0.533. The summed E-state index contributed by atoms with van der Waals surface area (Å²) in [5, 5.41) is 13.1. The molecule has 0 saturated carbocycles. The average molecular weight is 290 g/mol. The van der Waals surface area contributed by atoms with Crippen molar-refractivity contribution in [1.29, 1.82) is 0 Å². The van der Waals surface area contributed by atoms with Gasteiger partial charge in [0, 0.05) is 18.2 Å². The first-order valence-corrected chi connectivity index (χ1v) is 8.26. The fourth-order valence-corrected chi connectivity index (χ4v) is 3.54. The molecule has 2 N–H and O–H groups in total. The molecular formula is C15H22N4S. The van der Waals surface area contributed by atoms with Crippen molar-refractivity contribution in [2.75, 3.05) is 19.6 Å². The summed E-state index contributed by atoms with van der Waals surface area (Å²) in [4.78, 5) is 3.78. The van der Waals surface area contributed by atoms with E-state index in [4.69, 9.17) is 0 Å². The van der Waals surface area contributed by atoms with Crippen LogP contribution in [-0.2, 0) is 6.54 Å². The van der Waals surface area contributed by atoms with Crippen molar-refractivity contribution in [3.63, 3.8) is 0 Å². The van der Waals surface area contributed by atoms with E-state index in [-0.39, 0.29) is 0 Å². The van der Waals surface area contributed by atoms with Crippen molar-refractivity contribution in [3.8, 4) is 10.6 Å². The quantitative estimate of drug-likeness (QED) is 0.890. The standard InChI is InChI=1S/C15H22N4S/c1-2-19-7-5-13(6-8-19)16-10-12-11-17-18-15(12)14-4-3-9-20-14/h3-4,9,11,13,16H,2,5-8,10H2,1H3,(H,17,18). The smallest absolute Gasteiger partial charge is 0.0794 e. The zero-order valence-corrected chi connectivity index (χ0v) is 12.7. The van der Waals surface area contributed by atoms with Crippen LogP contribution in [0.1, 0.15) is 25.3 Å². The third-order valence-corrected chi connectivity index (χ3v) is 4.99. The van der Waals surface area contributed by atoms with Gasteiger partial charge in [0.2, 0.25) is 0 Å². The molecule has 0 aromatic carbocycles. The lowest BCUT2D eigenvalue weighted by molar-refractivity contribution is 0.206. The van der Waals surface area contributed by atoms with Crippen molar-refractivity contribution in [2.24, 2.45) is 0 Å². The van der Waals surface area contributed by atoms with Crippen LogP contribution in [-0.4, -0.2) is 40.8 Å². The van der Waals surface area contributed by atoms with Crippen molar-refractivity contribution >= 4 is 11.3 Å². The number of rotatable bonds is 5. The maximum atomic E-state index is 4.20. The minimum absolute atomic E-state index is 0.642. The average Bonchev–Trinajstić information content (AvgIpc) is 3.16. The number of likely N-dealkylation sites (tertiary alicyclic amines) is 1. The van der Waals surface area contributed by atoms with Gasteiger partial charge in [-0.15, -0.1) is 11.3 Å². The van der Waals surface area contributed by atoms with E-state index in [1.54, 1.807) is 11.3 Å². The van der Waals surface area contributed by atoms with Crippen LogP contribution in [0.3, 0.4) is 0 Å². The number of hydrogen-bond donors (Lipinski definition) is 2. The van der Waals surface area contributed by atoms with E-state index >= 15 is 0 Å². The Morgan fingerprint density at radius 1 is 1.45 bits per heavy atom. The summed E-state index contributed by atoms with van der Waals surface area (Å²) < 4.78 is 0. The van der Waals surface area contributed by atoms with Gasteiger partial charge in [-0.05, 0) is 43.9 Å². The molecule has 2 aromatic heterocycles. The molecule has 0 amide bonds. The molecule has 0 unspecified atom stereocenters. The Kier molecular flexibility index (Phi) is 4.50. The number of hydrogen-bond acceptors (Lipinski definition) is 4. The molecule has 3 heterocycles. The molecule has 5 heteroatoms. The van der Waals surface area contributed by atoms with Gasteiger partial charge in [-0.3, -0.25) is 5.10 Å². The van der Waals surface area contributed by atoms with Crippen LogP contribution in [0.2, 0.25) is 0 Å². The van der Waals surface area contributed by atoms with E-state index in [9.17, 15) is 0 Å². The van der Waals surface area contributed by atoms with E-state index < -0.39 is 0 Å². The first kappa shape index (κ1) is 13.8. The number of nitrogens with zero attached hydrogens (tertiary/aromatic N) is 2. The molecule has 1 aliphatic heterocycles. The highest BCUT2D eigenvalue weighted by atomic mass is 32.1. The zero-order chi connectivity index (χ0) is 13.8. The van der Waals surface area contributed by atoms with Gasteiger partial charge < -0.3 is 10.2 Å². The van der Waals surface area contributed by atoms with Gasteiger partial charge in [-0.2, -0.15) is 5.10 Å². The largest absolute Gasteiger partial charge is 0.310 e. The second-order valence-corrected chi connectivity index (χ2v) is 6.28. The Bertz CT molecular complexity index is 512. The molecule has 1 aliphatic rings. The van der Waals surface area contributed by atoms with E-state index in [1.165, 1.54) is 48.6 Å². The Labute approximate surface area is 124 Å². The number of H-pyrrole nitrogens is 1. The molecule has 0 aliphatic carbocycles. The number of piperidine rings is 1. The lowest BCUT2D eigenvalue weighted by Crippen LogP contribution is -2.42. The van der Waals surface area contributed by atoms with Crippen molar-refractivity contribution in [2.45, 2.75) is 32.4 Å². The van der Waals surface area contributed by atoms with Crippen LogP contribution in [0.5, 0.6) is 0 Å². The SMILES string of the molecule is CCN1CCC(NCc2cn[nH]c2-c2cccs2)CC1. The molecule has 3 rings (SSSR count). The Morgan fingerprint density at radius 2 is 2.30 bits per heavy atom. The summed E-state index contributed by atoms with van der Waals surface area (Å²) in [7, 11) is 0. The third kappa shape index (κ3) is 3.11. The summed E-state index contributed by atoms with van der Waals surface area (Å²) in [6.45, 7) is 6.76. The van der Waals surface area contributed by atoms with Gasteiger partial charge in [0.1, 0.15) is 0 Å². The number of nitrogens with one attached hydrogen (secondary N) is 2. The van der Waals surface area contributed by atoms with Crippen LogP contribution >= 0.6 is 11.3 Å². The summed E-state index contributed by atoms with van der Waals surface area (Å²) in [5.41, 5.74) is 2.43. The fourth-order valence-electron chi connectivity index (χ4n) is 2.79. The van der Waals surface area contributed by atoms with E-state index in [1.807, 2.05) is 6.20 Å². The molecular weight excluding hydrogens is 268 g/mol. The van der Waals surface area contributed by atoms with Crippen molar-refractivity contribution in [3.05, 3.63) is 29.3 Å². The third-order valence-electron chi connectivity index (χ3n) is 4.10. The van der Waals surface area contributed by atoms with E-state index in [2.05, 4.69) is 44.9 Å². The van der Waals surface area contributed by atoms with Crippen molar-refractivity contribution < 1.29 is 0 Å². The van der Waals surface area contributed by atoms with Crippen LogP contribution in [0.4, 0.5) is 0 Å². The molecule has 0 bridgehead atoms. The Hall–Kier alpha value is -1.17. The van der Waals surface area contributed by atoms with Gasteiger partial charge in [0.15, 0.2) is 0 Å². The molecule has 20 heavy (non-hydrogen) atoms. The van der Waals surface area contributed by atoms with Gasteiger partial charge in [0.25, 0.3) is 0 Å². The monoisotopic (exact) mass is 290 g/mol. The summed E-state index contributed by atoms with van der Waals surface area (Å²) >= 11 is 1.75. The highest BCUT2D eigenvalue weighted by Crippen LogP contribution is 2.25. The Morgan fingerprint density at radius 3 is 3.00 bits per heavy atom. The van der Waals surface area contributed by atoms with E-state index in [0.29, 0.717) is 6.04 Å². The lowest BCUT2D eigenvalue weighted by atomic mass is 10.0. The maximum Gasteiger partial charge on any atom is 0.0794 e. The number of aromatic amines is 1. The zero-order valence-electron chi connectivity index (χ0n) is 11.9. The summed E-state index contributed by atoms with van der Waals surface area (Å²) in [6.07, 6.45) is 4.45. The summed E-state index contributed by atoms with van der Waals surface area (Å²) in [5.74, 6) is 0. The second kappa shape index (κ2) is 6.52. The van der Waals surface area contributed by atoms with Crippen molar-refractivity contribution in [1.82, 2.24) is 20.4 Å². The first-order chi connectivity index (χ1) is 9.86. The predicted octanol–water partition coefficient (Wildman–Crippen LogP) is 2.71. The minimum Gasteiger partial charge on any atom is -0.310 e. The second-order valence-electron chi connectivity index (χ2n) is 5.34. The molecule has 1 fully saturated rings. The molecule has 0 spiro atoms. The number of thiophene rings is 1. The molecule has 108 valence electrons. The highest BCUT2D eigenvalue weighted by Gasteiger charge is 2.18. The highest BCUT2D eigenvalue weighted by molar-refractivity contribution is 7.13. The van der Waals surface area contributed by atoms with Crippen LogP contribution in [0.15, 0.2) is 23.7 Å².